The van der Waals surface area contributed by atoms with E-state index in [0.29, 0.717) is 42.7 Å². The molecule has 0 spiro atoms. The second-order valence-corrected chi connectivity index (χ2v) is 13.7. The largest absolute Gasteiger partial charge is 0.524 e. The number of rotatable bonds is 15. The van der Waals surface area contributed by atoms with Crippen LogP contribution in [-0.4, -0.2) is 54.3 Å². The van der Waals surface area contributed by atoms with Gasteiger partial charge in [0.05, 0.1) is 23.1 Å². The van der Waals surface area contributed by atoms with Crippen molar-refractivity contribution in [3.63, 3.8) is 0 Å². The number of hydrogen-bond donors (Lipinski definition) is 4. The number of hydrogen-bond acceptors (Lipinski definition) is 9. The number of carbonyl (C=O) groups excluding carboxylic acids is 1. The first-order valence-corrected chi connectivity index (χ1v) is 16.5. The highest BCUT2D eigenvalue weighted by Crippen LogP contribution is 2.40. The van der Waals surface area contributed by atoms with Gasteiger partial charge in [-0.25, -0.2) is 19.3 Å². The lowest BCUT2D eigenvalue weighted by atomic mass is 9.81. The monoisotopic (exact) mass is 639 g/mol. The van der Waals surface area contributed by atoms with Crippen LogP contribution in [0.4, 0.5) is 5.82 Å². The first-order valence-electron chi connectivity index (χ1n) is 15.0. The van der Waals surface area contributed by atoms with Gasteiger partial charge in [0.25, 0.3) is 0 Å². The van der Waals surface area contributed by atoms with Gasteiger partial charge in [-0.2, -0.15) is 4.99 Å². The van der Waals surface area contributed by atoms with Crippen LogP contribution < -0.4 is 10.3 Å². The maximum Gasteiger partial charge on any atom is 0.524 e. The number of phosphoric acid groups is 1. The summed E-state index contributed by atoms with van der Waals surface area (Å²) in [6.45, 7) is 11.3. The van der Waals surface area contributed by atoms with E-state index in [0.717, 1.165) is 41.6 Å². The summed E-state index contributed by atoms with van der Waals surface area (Å²) in [6, 6.07) is 10.2. The molecule has 0 bridgehead atoms. The predicted octanol–water partition coefficient (Wildman–Crippen LogP) is 5.92. The summed E-state index contributed by atoms with van der Waals surface area (Å²) in [7, 11) is -4.78. The van der Waals surface area contributed by atoms with Crippen LogP contribution in [0.2, 0.25) is 0 Å². The molecule has 0 radical (unpaired) electrons. The fraction of sp³-hybridized carbons (Fsp3) is 0.469. The van der Waals surface area contributed by atoms with Crippen molar-refractivity contribution in [3.8, 4) is 11.5 Å². The number of benzene rings is 2. The van der Waals surface area contributed by atoms with Crippen molar-refractivity contribution < 1.29 is 33.5 Å². The molecule has 2 aromatic heterocycles. The molecule has 2 aromatic carbocycles. The Kier molecular flexibility index (Phi) is 10.4. The van der Waals surface area contributed by atoms with Crippen LogP contribution in [0.25, 0.3) is 21.9 Å². The third-order valence-electron chi connectivity index (χ3n) is 8.00. The summed E-state index contributed by atoms with van der Waals surface area (Å²) in [4.78, 5) is 42.6. The number of isocyanates is 1. The van der Waals surface area contributed by atoms with Gasteiger partial charge in [0.1, 0.15) is 22.8 Å². The Morgan fingerprint density at radius 1 is 1.07 bits per heavy atom. The molecule has 0 atom stereocenters. The number of phenols is 1. The number of phosphoric ester groups is 1. The molecule has 0 amide bonds. The van der Waals surface area contributed by atoms with Crippen LogP contribution in [0.3, 0.4) is 0 Å². The van der Waals surface area contributed by atoms with Crippen molar-refractivity contribution in [2.45, 2.75) is 84.2 Å². The zero-order chi connectivity index (χ0) is 33.0. The number of nitrogens with zero attached hydrogens (tertiary/aromatic N) is 4. The summed E-state index contributed by atoms with van der Waals surface area (Å²) >= 11 is 0. The smallest absolute Gasteiger partial charge is 0.508 e. The molecule has 0 aliphatic carbocycles. The number of aryl methyl sites for hydroxylation is 1. The van der Waals surface area contributed by atoms with Gasteiger partial charge >= 0.3 is 7.82 Å². The van der Waals surface area contributed by atoms with Gasteiger partial charge in [0, 0.05) is 30.6 Å². The van der Waals surface area contributed by atoms with Crippen LogP contribution >= 0.6 is 7.82 Å². The number of nitrogen functional groups attached to an aromatic ring is 1. The molecule has 0 unspecified atom stereocenters. The molecule has 4 aromatic rings. The highest BCUT2D eigenvalue weighted by Gasteiger charge is 2.24. The maximum absolute atomic E-state index is 11.4. The van der Waals surface area contributed by atoms with E-state index in [1.54, 1.807) is 6.08 Å². The van der Waals surface area contributed by atoms with Crippen LogP contribution in [0.5, 0.6) is 11.5 Å². The molecular weight excluding hydrogens is 597 g/mol. The average molecular weight is 640 g/mol. The van der Waals surface area contributed by atoms with Gasteiger partial charge in [0.15, 0.2) is 5.82 Å². The zero-order valence-electron chi connectivity index (χ0n) is 26.4. The quantitative estimate of drug-likeness (QED) is 0.0527. The number of imidazole rings is 1. The van der Waals surface area contributed by atoms with E-state index in [1.165, 1.54) is 18.2 Å². The van der Waals surface area contributed by atoms with Crippen LogP contribution in [0, 0.1) is 0 Å². The lowest BCUT2D eigenvalue weighted by Crippen LogP contribution is -2.22. The number of fused-ring (bicyclic) bond motifs is 3. The van der Waals surface area contributed by atoms with Gasteiger partial charge < -0.3 is 24.7 Å². The molecule has 12 nitrogen and oxygen atoms in total. The van der Waals surface area contributed by atoms with Gasteiger partial charge in [-0.3, -0.25) is 9.79 Å². The lowest BCUT2D eigenvalue weighted by Gasteiger charge is -2.26. The molecule has 13 heteroatoms. The molecule has 0 aliphatic heterocycles. The van der Waals surface area contributed by atoms with E-state index in [9.17, 15) is 24.3 Å². The van der Waals surface area contributed by atoms with E-state index < -0.39 is 13.4 Å². The molecule has 0 aliphatic rings. The molecule has 4 rings (SSSR count). The minimum absolute atomic E-state index is 0.0472. The molecule has 45 heavy (non-hydrogen) atoms. The zero-order valence-corrected chi connectivity index (χ0v) is 27.3. The second kappa shape index (κ2) is 13.7. The number of aromatic nitrogens is 3. The van der Waals surface area contributed by atoms with Crippen molar-refractivity contribution in [3.05, 3.63) is 53.3 Å². The number of nitrogens with two attached hydrogens (primary N) is 1. The third kappa shape index (κ3) is 8.48. The number of anilines is 1. The maximum atomic E-state index is 11.4. The van der Waals surface area contributed by atoms with Crippen molar-refractivity contribution in [2.75, 3.05) is 18.9 Å². The molecular formula is C32H42N5O7P. The Labute approximate surface area is 262 Å². The van der Waals surface area contributed by atoms with Crippen LogP contribution in [0.1, 0.15) is 77.3 Å². The molecule has 242 valence electrons. The first-order chi connectivity index (χ1) is 21.1. The van der Waals surface area contributed by atoms with Crippen molar-refractivity contribution in [1.29, 1.82) is 0 Å². The topological polar surface area (TPSA) is 182 Å². The highest BCUT2D eigenvalue weighted by atomic mass is 31.2. The summed E-state index contributed by atoms with van der Waals surface area (Å²) in [6.07, 6.45) is 5.47. The minimum Gasteiger partial charge on any atom is -0.508 e. The van der Waals surface area contributed by atoms with E-state index in [-0.39, 0.29) is 29.3 Å². The summed E-state index contributed by atoms with van der Waals surface area (Å²) in [5, 5.41) is 11.5. The van der Waals surface area contributed by atoms with E-state index in [1.807, 2.05) is 30.5 Å². The lowest BCUT2D eigenvalue weighted by molar-refractivity contribution is 0.105. The molecule has 0 saturated heterocycles. The standard InChI is InChI=1S/C32H42N5O7P/c1-6-7-8-27-36-28-29(37(27)19-21-17-23(10-12-26(21)39)44-45(40,41)42)24-11-9-22(18-25(24)35-30(28)33)31(2,3)13-15-43-16-14-32(4,5)34-20-38/h9-12,17-18,39H,6-8,13-16,19H2,1-5H3,(H2,33,35)(H2,40,41,42). The number of ether oxygens (including phenoxy) is 1. The number of aliphatic imine (C=N–C) groups is 1. The summed E-state index contributed by atoms with van der Waals surface area (Å²) in [5.74, 6) is 0.942. The van der Waals surface area contributed by atoms with Gasteiger partial charge in [0.2, 0.25) is 6.08 Å². The number of unbranched alkanes of at least 4 members (excludes halogenated alkanes) is 1. The van der Waals surface area contributed by atoms with Crippen molar-refractivity contribution in [2.24, 2.45) is 4.99 Å². The Bertz CT molecular complexity index is 1770. The molecule has 2 heterocycles. The second-order valence-electron chi connectivity index (χ2n) is 12.5. The Morgan fingerprint density at radius 2 is 1.80 bits per heavy atom. The summed E-state index contributed by atoms with van der Waals surface area (Å²) < 4.78 is 24.1. The van der Waals surface area contributed by atoms with Gasteiger partial charge in [-0.1, -0.05) is 39.3 Å². The van der Waals surface area contributed by atoms with Crippen LogP contribution in [0.15, 0.2) is 41.4 Å². The average Bonchev–Trinajstić information content (AvgIpc) is 3.31. The highest BCUT2D eigenvalue weighted by molar-refractivity contribution is 7.46. The third-order valence-corrected chi connectivity index (χ3v) is 8.45. The van der Waals surface area contributed by atoms with Crippen molar-refractivity contribution in [1.82, 2.24) is 14.5 Å². The molecule has 5 N–H and O–H groups in total. The normalized spacial score (nSPS) is 12.5. The van der Waals surface area contributed by atoms with Crippen molar-refractivity contribution >= 4 is 41.7 Å². The molecule has 0 fully saturated rings. The Balaban J connectivity index is 1.69. The Hall–Kier alpha value is -3.79. The number of phenolic OH excluding ortho intramolecular Hbond substituents is 1. The summed E-state index contributed by atoms with van der Waals surface area (Å²) in [5.41, 5.74) is 9.22. The number of pyridine rings is 1. The first kappa shape index (κ1) is 34.1. The predicted molar refractivity (Wildman–Crippen MR) is 173 cm³/mol. The fourth-order valence-corrected chi connectivity index (χ4v) is 5.59. The molecule has 0 saturated carbocycles. The van der Waals surface area contributed by atoms with Crippen LogP contribution in [-0.2, 0) is 32.5 Å². The van der Waals surface area contributed by atoms with Gasteiger partial charge in [-0.05, 0) is 68.4 Å². The fourth-order valence-electron chi connectivity index (χ4n) is 5.20. The van der Waals surface area contributed by atoms with E-state index in [4.69, 9.17) is 25.0 Å². The van der Waals surface area contributed by atoms with E-state index >= 15 is 0 Å². The minimum atomic E-state index is -4.78. The van der Waals surface area contributed by atoms with Gasteiger partial charge in [-0.15, -0.1) is 0 Å². The SMILES string of the molecule is CCCCc1nc2c(N)nc3cc(C(C)(C)CCOCCC(C)(C)N=C=O)ccc3c2n1Cc1cc(OP(=O)(O)O)ccc1O. The number of aromatic hydroxyl groups is 1. The van der Waals surface area contributed by atoms with E-state index in [2.05, 4.69) is 31.8 Å². The Morgan fingerprint density at radius 3 is 2.49 bits per heavy atom.